The normalized spacial score (nSPS) is 12.5. The van der Waals surface area contributed by atoms with E-state index in [9.17, 15) is 14.0 Å². The zero-order chi connectivity index (χ0) is 22.1. The average Bonchev–Trinajstić information content (AvgIpc) is 3.47. The lowest BCUT2D eigenvalue weighted by molar-refractivity contribution is 0.0987. The van der Waals surface area contributed by atoms with Crippen molar-refractivity contribution in [2.75, 3.05) is 16.8 Å². The zero-order valence-corrected chi connectivity index (χ0v) is 16.9. The van der Waals surface area contributed by atoms with Crippen molar-refractivity contribution in [3.8, 4) is 11.3 Å². The maximum atomic E-state index is 13.9. The van der Waals surface area contributed by atoms with Crippen LogP contribution in [0.4, 0.5) is 15.8 Å². The average molecular weight is 427 g/mol. The molecule has 0 fully saturated rings. The maximum Gasteiger partial charge on any atom is 0.277 e. The van der Waals surface area contributed by atoms with Crippen LogP contribution in [0.2, 0.25) is 0 Å². The highest BCUT2D eigenvalue weighted by Gasteiger charge is 2.25. The Morgan fingerprint density at radius 3 is 2.53 bits per heavy atom. The van der Waals surface area contributed by atoms with Gasteiger partial charge in [0.15, 0.2) is 11.5 Å². The van der Waals surface area contributed by atoms with Gasteiger partial charge in [0.05, 0.1) is 5.56 Å². The van der Waals surface area contributed by atoms with E-state index < -0.39 is 11.7 Å². The first kappa shape index (κ1) is 19.7. The number of benzene rings is 3. The third kappa shape index (κ3) is 3.65. The Morgan fingerprint density at radius 2 is 1.72 bits per heavy atom. The highest BCUT2D eigenvalue weighted by atomic mass is 19.1. The lowest BCUT2D eigenvalue weighted by Crippen LogP contribution is -2.28. The summed E-state index contributed by atoms with van der Waals surface area (Å²) in [4.78, 5) is 27.2. The van der Waals surface area contributed by atoms with Crippen LogP contribution < -0.4 is 10.2 Å². The molecule has 1 aliphatic rings. The molecule has 1 aromatic heterocycles. The van der Waals surface area contributed by atoms with Crippen LogP contribution in [0.3, 0.4) is 0 Å². The molecule has 6 nitrogen and oxygen atoms in total. The molecule has 0 saturated heterocycles. The molecule has 2 amide bonds. The predicted octanol–water partition coefficient (Wildman–Crippen LogP) is 4.94. The Balaban J connectivity index is 1.28. The van der Waals surface area contributed by atoms with Gasteiger partial charge in [0.25, 0.3) is 11.8 Å². The van der Waals surface area contributed by atoms with E-state index in [4.69, 9.17) is 4.52 Å². The number of amides is 2. The smallest absolute Gasteiger partial charge is 0.277 e. The number of halogens is 1. The van der Waals surface area contributed by atoms with Gasteiger partial charge in [-0.15, -0.1) is 0 Å². The third-order valence-electron chi connectivity index (χ3n) is 5.40. The van der Waals surface area contributed by atoms with Crippen LogP contribution >= 0.6 is 0 Å². The first-order valence-electron chi connectivity index (χ1n) is 10.1. The quantitative estimate of drug-likeness (QED) is 0.501. The number of anilines is 2. The van der Waals surface area contributed by atoms with Crippen molar-refractivity contribution in [1.29, 1.82) is 0 Å². The number of nitrogens with zero attached hydrogens (tertiary/aromatic N) is 2. The third-order valence-corrected chi connectivity index (χ3v) is 5.40. The van der Waals surface area contributed by atoms with Crippen molar-refractivity contribution < 1.29 is 18.5 Å². The van der Waals surface area contributed by atoms with Crippen molar-refractivity contribution in [3.05, 3.63) is 102 Å². The van der Waals surface area contributed by atoms with Gasteiger partial charge in [-0.2, -0.15) is 0 Å². The summed E-state index contributed by atoms with van der Waals surface area (Å²) in [6, 6.07) is 22.0. The van der Waals surface area contributed by atoms with Crippen LogP contribution in [0.1, 0.15) is 26.4 Å². The summed E-state index contributed by atoms with van der Waals surface area (Å²) < 4.78 is 19.0. The number of carbonyl (C=O) groups is 2. The number of hydrogen-bond donors (Lipinski definition) is 1. The van der Waals surface area contributed by atoms with Gasteiger partial charge in [0.1, 0.15) is 5.82 Å². The second-order valence-corrected chi connectivity index (χ2v) is 7.42. The Labute approximate surface area is 183 Å². The minimum atomic E-state index is -0.496. The fourth-order valence-electron chi connectivity index (χ4n) is 3.77. The van der Waals surface area contributed by atoms with Gasteiger partial charge in [0, 0.05) is 29.5 Å². The lowest BCUT2D eigenvalue weighted by Gasteiger charge is -2.17. The number of rotatable bonds is 4. The summed E-state index contributed by atoms with van der Waals surface area (Å²) in [5, 5.41) is 6.44. The van der Waals surface area contributed by atoms with E-state index in [-0.39, 0.29) is 22.9 Å². The summed E-state index contributed by atoms with van der Waals surface area (Å²) >= 11 is 0. The zero-order valence-electron chi connectivity index (χ0n) is 16.9. The maximum absolute atomic E-state index is 13.9. The van der Waals surface area contributed by atoms with Crippen molar-refractivity contribution in [2.45, 2.75) is 6.42 Å². The Kier molecular flexibility index (Phi) is 4.99. The van der Waals surface area contributed by atoms with Crippen molar-refractivity contribution >= 4 is 23.2 Å². The van der Waals surface area contributed by atoms with Crippen molar-refractivity contribution in [3.63, 3.8) is 0 Å². The van der Waals surface area contributed by atoms with E-state index in [1.165, 1.54) is 12.1 Å². The van der Waals surface area contributed by atoms with Crippen LogP contribution in [0, 0.1) is 5.82 Å². The number of carbonyl (C=O) groups excluding carboxylic acids is 2. The summed E-state index contributed by atoms with van der Waals surface area (Å²) in [6.45, 7) is 0.646. The van der Waals surface area contributed by atoms with E-state index >= 15 is 0 Å². The lowest BCUT2D eigenvalue weighted by atomic mass is 10.1. The molecule has 0 aliphatic carbocycles. The van der Waals surface area contributed by atoms with E-state index in [0.29, 0.717) is 17.8 Å². The van der Waals surface area contributed by atoms with Gasteiger partial charge < -0.3 is 14.7 Å². The van der Waals surface area contributed by atoms with Gasteiger partial charge >= 0.3 is 0 Å². The number of aromatic nitrogens is 1. The SMILES string of the molecule is O=C(Nc1ccc(C(=O)N2CCc3ccccc32)cc1)c1cc(-c2ccccc2F)on1. The molecule has 7 heteroatoms. The molecule has 0 bridgehead atoms. The van der Waals surface area contributed by atoms with Gasteiger partial charge in [0.2, 0.25) is 0 Å². The molecule has 1 aliphatic heterocycles. The highest BCUT2D eigenvalue weighted by Crippen LogP contribution is 2.29. The number of hydrogen-bond acceptors (Lipinski definition) is 4. The van der Waals surface area contributed by atoms with Gasteiger partial charge in [-0.25, -0.2) is 4.39 Å². The largest absolute Gasteiger partial charge is 0.355 e. The van der Waals surface area contributed by atoms with Gasteiger partial charge in [-0.1, -0.05) is 35.5 Å². The molecule has 3 aromatic carbocycles. The molecule has 0 spiro atoms. The van der Waals surface area contributed by atoms with Crippen LogP contribution in [0.25, 0.3) is 11.3 Å². The monoisotopic (exact) mass is 427 g/mol. The summed E-state index contributed by atoms with van der Waals surface area (Å²) in [6.07, 6.45) is 0.836. The Morgan fingerprint density at radius 1 is 0.969 bits per heavy atom. The van der Waals surface area contributed by atoms with Crippen LogP contribution in [0.5, 0.6) is 0 Å². The molecule has 4 aromatic rings. The highest BCUT2D eigenvalue weighted by molar-refractivity contribution is 6.08. The van der Waals surface area contributed by atoms with E-state index in [1.807, 2.05) is 24.3 Å². The fourth-order valence-corrected chi connectivity index (χ4v) is 3.77. The van der Waals surface area contributed by atoms with Crippen LogP contribution in [-0.4, -0.2) is 23.5 Å². The van der Waals surface area contributed by atoms with E-state index in [0.717, 1.165) is 17.7 Å². The standard InChI is InChI=1S/C25H18FN3O3/c26-20-7-3-2-6-19(20)23-15-21(28-32-23)24(30)27-18-11-9-17(10-12-18)25(31)29-14-13-16-5-1-4-8-22(16)29/h1-12,15H,13-14H2,(H,27,30). The fraction of sp³-hybridized carbons (Fsp3) is 0.0800. The molecule has 158 valence electrons. The minimum absolute atomic E-state index is 0.0251. The molecule has 5 rings (SSSR count). The first-order chi connectivity index (χ1) is 15.6. The van der Waals surface area contributed by atoms with Crippen LogP contribution in [0.15, 0.2) is 83.4 Å². The molecule has 0 atom stereocenters. The van der Waals surface area contributed by atoms with Gasteiger partial charge in [-0.3, -0.25) is 9.59 Å². The first-order valence-corrected chi connectivity index (χ1v) is 10.1. The molecule has 32 heavy (non-hydrogen) atoms. The molecule has 1 N–H and O–H groups in total. The minimum Gasteiger partial charge on any atom is -0.355 e. The second-order valence-electron chi connectivity index (χ2n) is 7.42. The number of fused-ring (bicyclic) bond motifs is 1. The second kappa shape index (κ2) is 8.11. The molecule has 0 unspecified atom stereocenters. The van der Waals surface area contributed by atoms with Crippen molar-refractivity contribution in [2.24, 2.45) is 0 Å². The van der Waals surface area contributed by atoms with E-state index in [2.05, 4.69) is 10.5 Å². The summed E-state index contributed by atoms with van der Waals surface area (Å²) in [5.74, 6) is -0.876. The van der Waals surface area contributed by atoms with E-state index in [1.54, 1.807) is 47.4 Å². The summed E-state index contributed by atoms with van der Waals surface area (Å²) in [7, 11) is 0. The molecule has 0 radical (unpaired) electrons. The van der Waals surface area contributed by atoms with Crippen molar-refractivity contribution in [1.82, 2.24) is 5.16 Å². The Bertz CT molecular complexity index is 1310. The molecular weight excluding hydrogens is 409 g/mol. The molecule has 0 saturated carbocycles. The van der Waals surface area contributed by atoms with Crippen LogP contribution in [-0.2, 0) is 6.42 Å². The summed E-state index contributed by atoms with van der Waals surface area (Å²) in [5.41, 5.74) is 3.38. The topological polar surface area (TPSA) is 75.4 Å². The molecule has 2 heterocycles. The van der Waals surface area contributed by atoms with Gasteiger partial charge in [-0.05, 0) is 54.4 Å². The number of nitrogens with one attached hydrogen (secondary N) is 1. The Hall–Kier alpha value is -4.26. The predicted molar refractivity (Wildman–Crippen MR) is 118 cm³/mol. The number of para-hydroxylation sites is 1. The molecular formula is C25H18FN3O3.